The van der Waals surface area contributed by atoms with Gasteiger partial charge in [0.1, 0.15) is 0 Å². The van der Waals surface area contributed by atoms with Crippen molar-refractivity contribution in [3.8, 4) is 0 Å². The summed E-state index contributed by atoms with van der Waals surface area (Å²) in [4.78, 5) is 9.34. The first-order chi connectivity index (χ1) is 12.7. The van der Waals surface area contributed by atoms with Gasteiger partial charge in [0.2, 0.25) is 10.0 Å². The van der Waals surface area contributed by atoms with Crippen molar-refractivity contribution in [3.05, 3.63) is 69.3 Å². The van der Waals surface area contributed by atoms with Crippen LogP contribution in [0.5, 0.6) is 0 Å². The molecule has 0 radical (unpaired) electrons. The van der Waals surface area contributed by atoms with Gasteiger partial charge in [-0.1, -0.05) is 0 Å². The average molecular weight is 428 g/mol. The molecule has 6 nitrogen and oxygen atoms in total. The van der Waals surface area contributed by atoms with E-state index in [4.69, 9.17) is 0 Å². The fraction of sp³-hybridized carbons (Fsp3) is 0.200. The molecule has 0 fully saturated rings. The van der Waals surface area contributed by atoms with Crippen LogP contribution < -0.4 is 4.72 Å². The molecular formula is C15H10F6N2O4S. The third kappa shape index (κ3) is 5.19. The van der Waals surface area contributed by atoms with Crippen LogP contribution in [-0.4, -0.2) is 13.3 Å². The highest BCUT2D eigenvalue weighted by Gasteiger charge is 2.36. The van der Waals surface area contributed by atoms with Gasteiger partial charge in [0, 0.05) is 18.7 Å². The second kappa shape index (κ2) is 7.39. The predicted octanol–water partition coefficient (Wildman–Crippen LogP) is 4.11. The Morgan fingerprint density at radius 1 is 0.893 bits per heavy atom. The summed E-state index contributed by atoms with van der Waals surface area (Å²) in [6, 6.07) is 4.26. The highest BCUT2D eigenvalue weighted by Crippen LogP contribution is 2.36. The minimum absolute atomic E-state index is 0.0751. The van der Waals surface area contributed by atoms with Gasteiger partial charge < -0.3 is 0 Å². The van der Waals surface area contributed by atoms with Gasteiger partial charge in [0.25, 0.3) is 5.69 Å². The van der Waals surface area contributed by atoms with Gasteiger partial charge in [-0.25, -0.2) is 13.1 Å². The molecule has 0 bridgehead atoms. The van der Waals surface area contributed by atoms with E-state index in [1.807, 2.05) is 4.72 Å². The zero-order valence-electron chi connectivity index (χ0n) is 13.5. The first-order valence-electron chi connectivity index (χ1n) is 7.22. The number of sulfonamides is 1. The molecule has 0 aromatic heterocycles. The van der Waals surface area contributed by atoms with Crippen LogP contribution in [0, 0.1) is 10.1 Å². The monoisotopic (exact) mass is 428 g/mol. The quantitative estimate of drug-likeness (QED) is 0.441. The maximum atomic E-state index is 12.8. The fourth-order valence-corrected chi connectivity index (χ4v) is 3.15. The van der Waals surface area contributed by atoms with E-state index in [0.29, 0.717) is 12.1 Å². The second-order valence-electron chi connectivity index (χ2n) is 5.49. The van der Waals surface area contributed by atoms with Crippen LogP contribution in [-0.2, 0) is 28.9 Å². The molecule has 2 aromatic carbocycles. The Morgan fingerprint density at radius 2 is 1.36 bits per heavy atom. The fourth-order valence-electron chi connectivity index (χ4n) is 2.13. The smallest absolute Gasteiger partial charge is 0.258 e. The number of hydrogen-bond acceptors (Lipinski definition) is 4. The van der Waals surface area contributed by atoms with Gasteiger partial charge in [-0.15, -0.1) is 0 Å². The molecule has 28 heavy (non-hydrogen) atoms. The topological polar surface area (TPSA) is 89.3 Å². The van der Waals surface area contributed by atoms with E-state index in [1.54, 1.807) is 0 Å². The molecule has 152 valence electrons. The maximum Gasteiger partial charge on any atom is 0.416 e. The van der Waals surface area contributed by atoms with E-state index in [2.05, 4.69) is 0 Å². The number of benzene rings is 2. The second-order valence-corrected chi connectivity index (χ2v) is 7.26. The van der Waals surface area contributed by atoms with Gasteiger partial charge in [0.05, 0.1) is 20.9 Å². The van der Waals surface area contributed by atoms with Gasteiger partial charge in [-0.05, 0) is 35.9 Å². The normalized spacial score (nSPS) is 12.8. The number of non-ortho nitro benzene ring substituents is 1. The van der Waals surface area contributed by atoms with Gasteiger partial charge in [-0.3, -0.25) is 10.1 Å². The first kappa shape index (κ1) is 21.6. The van der Waals surface area contributed by atoms with Crippen LogP contribution in [0.1, 0.15) is 16.7 Å². The number of halogens is 6. The van der Waals surface area contributed by atoms with E-state index in [9.17, 15) is 44.9 Å². The largest absolute Gasteiger partial charge is 0.416 e. The molecular weight excluding hydrogens is 418 g/mol. The Hall–Kier alpha value is -2.67. The molecule has 0 unspecified atom stereocenters. The third-order valence-corrected chi connectivity index (χ3v) is 4.89. The van der Waals surface area contributed by atoms with Crippen LogP contribution in [0.15, 0.2) is 47.4 Å². The number of alkyl halides is 6. The summed E-state index contributed by atoms with van der Waals surface area (Å²) < 4.78 is 103. The average Bonchev–Trinajstić information content (AvgIpc) is 2.58. The summed E-state index contributed by atoms with van der Waals surface area (Å²) in [5, 5.41) is 10.6. The maximum absolute atomic E-state index is 12.8. The van der Waals surface area contributed by atoms with Crippen molar-refractivity contribution in [2.45, 2.75) is 23.8 Å². The molecule has 13 heteroatoms. The molecule has 0 aliphatic carbocycles. The number of rotatable bonds is 5. The number of nitrogens with one attached hydrogen (secondary N) is 1. The van der Waals surface area contributed by atoms with Crippen molar-refractivity contribution in [1.29, 1.82) is 0 Å². The number of nitro groups is 1. The van der Waals surface area contributed by atoms with Crippen molar-refractivity contribution < 1.29 is 39.7 Å². The predicted molar refractivity (Wildman–Crippen MR) is 83.6 cm³/mol. The molecule has 0 atom stereocenters. The lowest BCUT2D eigenvalue weighted by Gasteiger charge is -2.14. The number of nitrogens with zero attached hydrogens (tertiary/aromatic N) is 1. The van der Waals surface area contributed by atoms with E-state index < -0.39 is 61.1 Å². The van der Waals surface area contributed by atoms with E-state index in [0.717, 1.165) is 24.3 Å². The third-order valence-electron chi connectivity index (χ3n) is 3.47. The zero-order chi connectivity index (χ0) is 21.3. The molecule has 0 saturated heterocycles. The molecule has 0 aliphatic heterocycles. The molecule has 0 aliphatic rings. The molecule has 0 spiro atoms. The summed E-state index contributed by atoms with van der Waals surface area (Å²) in [5.74, 6) is 0. The number of nitro benzene ring substituents is 1. The Labute approximate surface area is 154 Å². The van der Waals surface area contributed by atoms with Crippen molar-refractivity contribution in [3.63, 3.8) is 0 Å². The standard InChI is InChI=1S/C15H10F6N2O4S/c16-14(17,18)10-5-9(6-11(7-10)15(19,20)21)8-22-28(26,27)13-3-1-12(2-4-13)23(24)25/h1-7,22H,8H2. The first-order valence-corrected chi connectivity index (χ1v) is 8.71. The Morgan fingerprint density at radius 3 is 1.75 bits per heavy atom. The van der Waals surface area contributed by atoms with Crippen LogP contribution in [0.2, 0.25) is 0 Å². The summed E-state index contributed by atoms with van der Waals surface area (Å²) >= 11 is 0. The summed E-state index contributed by atoms with van der Waals surface area (Å²) in [7, 11) is -4.33. The highest BCUT2D eigenvalue weighted by atomic mass is 32.2. The molecule has 1 N–H and O–H groups in total. The van der Waals surface area contributed by atoms with Crippen molar-refractivity contribution >= 4 is 15.7 Å². The molecule has 2 aromatic rings. The summed E-state index contributed by atoms with van der Waals surface area (Å²) in [6.45, 7) is -0.855. The van der Waals surface area contributed by atoms with Gasteiger partial charge >= 0.3 is 12.4 Å². The summed E-state index contributed by atoms with van der Waals surface area (Å²) in [5.41, 5.74) is -4.11. The van der Waals surface area contributed by atoms with Gasteiger partial charge in [0.15, 0.2) is 0 Å². The van der Waals surface area contributed by atoms with Crippen LogP contribution >= 0.6 is 0 Å². The number of hydrogen-bond donors (Lipinski definition) is 1. The van der Waals surface area contributed by atoms with Crippen molar-refractivity contribution in [2.75, 3.05) is 0 Å². The zero-order valence-corrected chi connectivity index (χ0v) is 14.3. The lowest BCUT2D eigenvalue weighted by molar-refractivity contribution is -0.384. The lowest BCUT2D eigenvalue weighted by atomic mass is 10.0. The minimum atomic E-state index is -5.06. The Bertz CT molecular complexity index is 953. The van der Waals surface area contributed by atoms with E-state index in [-0.39, 0.29) is 6.07 Å². The van der Waals surface area contributed by atoms with Crippen molar-refractivity contribution in [2.24, 2.45) is 0 Å². The van der Waals surface area contributed by atoms with Gasteiger partial charge in [-0.2, -0.15) is 26.3 Å². The molecule has 0 heterocycles. The highest BCUT2D eigenvalue weighted by molar-refractivity contribution is 7.89. The van der Waals surface area contributed by atoms with Crippen molar-refractivity contribution in [1.82, 2.24) is 4.72 Å². The molecule has 0 saturated carbocycles. The molecule has 0 amide bonds. The Balaban J connectivity index is 2.31. The Kier molecular flexibility index (Phi) is 5.71. The van der Waals surface area contributed by atoms with E-state index in [1.165, 1.54) is 0 Å². The molecule has 2 rings (SSSR count). The van der Waals surface area contributed by atoms with E-state index >= 15 is 0 Å². The summed E-state index contributed by atoms with van der Waals surface area (Å²) in [6.07, 6.45) is -10.1. The van der Waals surface area contributed by atoms with Crippen LogP contribution in [0.4, 0.5) is 32.0 Å². The lowest BCUT2D eigenvalue weighted by Crippen LogP contribution is -2.24. The van der Waals surface area contributed by atoms with Crippen LogP contribution in [0.3, 0.4) is 0 Å². The SMILES string of the molecule is O=[N+]([O-])c1ccc(S(=O)(=O)NCc2cc(C(F)(F)F)cc(C(F)(F)F)c2)cc1. The van der Waals surface area contributed by atoms with Crippen LogP contribution in [0.25, 0.3) is 0 Å². The minimum Gasteiger partial charge on any atom is -0.258 e.